The van der Waals surface area contributed by atoms with Gasteiger partial charge >= 0.3 is 0 Å². The van der Waals surface area contributed by atoms with E-state index in [1.54, 1.807) is 6.92 Å². The van der Waals surface area contributed by atoms with Gasteiger partial charge in [-0.25, -0.2) is 0 Å². The minimum Gasteiger partial charge on any atom is -0.343 e. The Morgan fingerprint density at radius 2 is 1.80 bits per heavy atom. The van der Waals surface area contributed by atoms with Gasteiger partial charge in [-0.1, -0.05) is 24.4 Å². The summed E-state index contributed by atoms with van der Waals surface area (Å²) >= 11 is 6.45. The number of benzene rings is 1. The van der Waals surface area contributed by atoms with Crippen LogP contribution in [0.3, 0.4) is 0 Å². The van der Waals surface area contributed by atoms with E-state index in [-0.39, 0.29) is 29.7 Å². The molecular weight excluding hydrogens is 464 g/mol. The van der Waals surface area contributed by atoms with Gasteiger partial charge in [-0.2, -0.15) is 0 Å². The Balaban J connectivity index is 1.34. The Morgan fingerprint density at radius 3 is 2.46 bits per heavy atom. The van der Waals surface area contributed by atoms with E-state index in [0.29, 0.717) is 23.9 Å². The van der Waals surface area contributed by atoms with E-state index in [1.807, 2.05) is 24.0 Å². The molecule has 0 bridgehead atoms. The highest BCUT2D eigenvalue weighted by atomic mass is 35.5. The SMILES string of the molecule is CC(=O)N1CCC(CC(=O)Nc2cc(Cl)cc(CN3CCN(C(=O)C4CCCC4)[C@@H](C)C3)c2C)C1. The van der Waals surface area contributed by atoms with Gasteiger partial charge in [0.2, 0.25) is 17.7 Å². The third-order valence-electron chi connectivity index (χ3n) is 8.05. The molecule has 1 aromatic carbocycles. The van der Waals surface area contributed by atoms with Crippen molar-refractivity contribution in [1.29, 1.82) is 0 Å². The zero-order valence-electron chi connectivity index (χ0n) is 21.3. The highest BCUT2D eigenvalue weighted by Crippen LogP contribution is 2.30. The van der Waals surface area contributed by atoms with E-state index in [1.165, 1.54) is 12.8 Å². The van der Waals surface area contributed by atoms with Gasteiger partial charge in [-0.3, -0.25) is 19.3 Å². The molecule has 1 N–H and O–H groups in total. The number of hydrogen-bond donors (Lipinski definition) is 1. The van der Waals surface area contributed by atoms with Crippen molar-refractivity contribution in [2.45, 2.75) is 71.9 Å². The Hall–Kier alpha value is -2.12. The fraction of sp³-hybridized carbons (Fsp3) is 0.667. The number of anilines is 1. The molecule has 1 unspecified atom stereocenters. The molecule has 4 rings (SSSR count). The summed E-state index contributed by atoms with van der Waals surface area (Å²) in [5.74, 6) is 0.792. The van der Waals surface area contributed by atoms with Crippen molar-refractivity contribution < 1.29 is 14.4 Å². The molecule has 3 fully saturated rings. The molecular formula is C27H39ClN4O3. The number of piperazine rings is 1. The third kappa shape index (κ3) is 6.36. The summed E-state index contributed by atoms with van der Waals surface area (Å²) < 4.78 is 0. The van der Waals surface area contributed by atoms with Crippen LogP contribution in [0, 0.1) is 18.8 Å². The largest absolute Gasteiger partial charge is 0.343 e. The standard InChI is InChI=1S/C27H39ClN4O3/c1-18-15-30(10-11-32(18)27(35)22-6-4-5-7-22)17-23-13-24(28)14-25(19(23)2)29-26(34)12-21-8-9-31(16-21)20(3)33/h13-14,18,21-22H,4-12,15-17H2,1-3H3,(H,29,34)/t18-,21?/m0/s1. The van der Waals surface area contributed by atoms with Crippen molar-refractivity contribution in [3.05, 3.63) is 28.3 Å². The molecule has 0 aromatic heterocycles. The quantitative estimate of drug-likeness (QED) is 0.636. The van der Waals surface area contributed by atoms with Crippen molar-refractivity contribution >= 4 is 35.0 Å². The second-order valence-electron chi connectivity index (χ2n) is 10.7. The van der Waals surface area contributed by atoms with Crippen molar-refractivity contribution in [3.63, 3.8) is 0 Å². The Labute approximate surface area is 214 Å². The lowest BCUT2D eigenvalue weighted by Gasteiger charge is -2.41. The summed E-state index contributed by atoms with van der Waals surface area (Å²) in [6.07, 6.45) is 5.69. The van der Waals surface area contributed by atoms with Gasteiger partial charge in [-0.05, 0) is 62.3 Å². The molecule has 2 atom stereocenters. The zero-order chi connectivity index (χ0) is 25.1. The van der Waals surface area contributed by atoms with Crippen LogP contribution in [-0.4, -0.2) is 71.2 Å². The smallest absolute Gasteiger partial charge is 0.226 e. The molecule has 3 amide bonds. The van der Waals surface area contributed by atoms with Gasteiger partial charge in [0, 0.05) is 75.3 Å². The van der Waals surface area contributed by atoms with Crippen LogP contribution in [0.25, 0.3) is 0 Å². The number of carbonyl (C=O) groups is 3. The molecule has 192 valence electrons. The highest BCUT2D eigenvalue weighted by Gasteiger charge is 2.33. The van der Waals surface area contributed by atoms with Crippen LogP contribution in [0.1, 0.15) is 63.5 Å². The normalized spacial score (nSPS) is 23.7. The highest BCUT2D eigenvalue weighted by molar-refractivity contribution is 6.31. The molecule has 0 spiro atoms. The van der Waals surface area contributed by atoms with E-state index in [0.717, 1.165) is 68.8 Å². The maximum Gasteiger partial charge on any atom is 0.226 e. The summed E-state index contributed by atoms with van der Waals surface area (Å²) in [6, 6.07) is 3.99. The van der Waals surface area contributed by atoms with E-state index in [2.05, 4.69) is 22.0 Å². The van der Waals surface area contributed by atoms with E-state index in [9.17, 15) is 14.4 Å². The lowest BCUT2D eigenvalue weighted by atomic mass is 10.0. The minimum absolute atomic E-state index is 0.0376. The molecule has 2 heterocycles. The van der Waals surface area contributed by atoms with Crippen LogP contribution in [0.15, 0.2) is 12.1 Å². The van der Waals surface area contributed by atoms with Gasteiger partial charge in [0.15, 0.2) is 0 Å². The number of amides is 3. The molecule has 2 saturated heterocycles. The number of carbonyl (C=O) groups excluding carboxylic acids is 3. The molecule has 35 heavy (non-hydrogen) atoms. The average molecular weight is 503 g/mol. The first-order valence-electron chi connectivity index (χ1n) is 13.1. The van der Waals surface area contributed by atoms with E-state index >= 15 is 0 Å². The molecule has 1 aliphatic carbocycles. The molecule has 7 nitrogen and oxygen atoms in total. The number of nitrogens with zero attached hydrogens (tertiary/aromatic N) is 3. The first-order chi connectivity index (χ1) is 16.7. The van der Waals surface area contributed by atoms with Gasteiger partial charge in [-0.15, -0.1) is 0 Å². The van der Waals surface area contributed by atoms with Crippen molar-refractivity contribution in [2.75, 3.05) is 38.0 Å². The summed E-state index contributed by atoms with van der Waals surface area (Å²) in [5.41, 5.74) is 2.87. The summed E-state index contributed by atoms with van der Waals surface area (Å²) in [5, 5.41) is 3.67. The van der Waals surface area contributed by atoms with Gasteiger partial charge in [0.1, 0.15) is 0 Å². The van der Waals surface area contributed by atoms with Crippen LogP contribution < -0.4 is 5.32 Å². The number of rotatable bonds is 6. The fourth-order valence-corrected chi connectivity index (χ4v) is 6.17. The number of halogens is 1. The third-order valence-corrected chi connectivity index (χ3v) is 8.27. The number of likely N-dealkylation sites (tertiary alicyclic amines) is 1. The summed E-state index contributed by atoms with van der Waals surface area (Å²) in [7, 11) is 0. The second-order valence-corrected chi connectivity index (χ2v) is 11.1. The van der Waals surface area contributed by atoms with E-state index in [4.69, 9.17) is 11.6 Å². The summed E-state index contributed by atoms with van der Waals surface area (Å²) in [6.45, 7) is 10.3. The maximum absolute atomic E-state index is 12.9. The lowest BCUT2D eigenvalue weighted by Crippen LogP contribution is -2.54. The van der Waals surface area contributed by atoms with Gasteiger partial charge in [0.05, 0.1) is 0 Å². The predicted octanol–water partition coefficient (Wildman–Crippen LogP) is 4.07. The van der Waals surface area contributed by atoms with Crippen LogP contribution in [0.4, 0.5) is 5.69 Å². The monoisotopic (exact) mass is 502 g/mol. The maximum atomic E-state index is 12.9. The van der Waals surface area contributed by atoms with Crippen molar-refractivity contribution in [3.8, 4) is 0 Å². The molecule has 2 aliphatic heterocycles. The summed E-state index contributed by atoms with van der Waals surface area (Å²) in [4.78, 5) is 43.5. The van der Waals surface area contributed by atoms with Crippen molar-refractivity contribution in [2.24, 2.45) is 11.8 Å². The Kier molecular flexibility index (Phi) is 8.38. The molecule has 8 heteroatoms. The van der Waals surface area contributed by atoms with E-state index < -0.39 is 0 Å². The molecule has 1 aromatic rings. The molecule has 3 aliphatic rings. The lowest BCUT2D eigenvalue weighted by molar-refractivity contribution is -0.140. The van der Waals surface area contributed by atoms with Crippen LogP contribution in [-0.2, 0) is 20.9 Å². The zero-order valence-corrected chi connectivity index (χ0v) is 22.1. The number of hydrogen-bond acceptors (Lipinski definition) is 4. The van der Waals surface area contributed by atoms with Crippen molar-refractivity contribution in [1.82, 2.24) is 14.7 Å². The van der Waals surface area contributed by atoms with Gasteiger partial charge < -0.3 is 15.1 Å². The first kappa shape index (κ1) is 26.0. The molecule has 0 radical (unpaired) electrons. The average Bonchev–Trinajstić information content (AvgIpc) is 3.49. The fourth-order valence-electron chi connectivity index (χ4n) is 5.93. The first-order valence-corrected chi connectivity index (χ1v) is 13.5. The number of nitrogens with one attached hydrogen (secondary N) is 1. The Morgan fingerprint density at radius 1 is 1.06 bits per heavy atom. The Bertz CT molecular complexity index is 962. The topological polar surface area (TPSA) is 73.0 Å². The predicted molar refractivity (Wildman–Crippen MR) is 138 cm³/mol. The second kappa shape index (κ2) is 11.3. The minimum atomic E-state index is -0.0376. The van der Waals surface area contributed by atoms with Crippen LogP contribution in [0.5, 0.6) is 0 Å². The van der Waals surface area contributed by atoms with Crippen LogP contribution >= 0.6 is 11.6 Å². The van der Waals surface area contributed by atoms with Gasteiger partial charge in [0.25, 0.3) is 0 Å². The van der Waals surface area contributed by atoms with Crippen LogP contribution in [0.2, 0.25) is 5.02 Å². The molecule has 1 saturated carbocycles.